The maximum absolute atomic E-state index is 13.7. The second-order valence-electron chi connectivity index (χ2n) is 19.2. The number of nitrogens with one attached hydrogen (secondary N) is 4. The Labute approximate surface area is 400 Å². The van der Waals surface area contributed by atoms with Gasteiger partial charge in [-0.05, 0) is 79.2 Å². The summed E-state index contributed by atoms with van der Waals surface area (Å²) in [7, 11) is -3.19. The Balaban J connectivity index is 1.04. The Bertz CT molecular complexity index is 2930. The van der Waals surface area contributed by atoms with Gasteiger partial charge in [0.2, 0.25) is 18.1 Å². The zero-order valence-electron chi connectivity index (χ0n) is 39.8. The van der Waals surface area contributed by atoms with Crippen molar-refractivity contribution in [3.05, 3.63) is 157 Å². The quantitative estimate of drug-likeness (QED) is 0.0437. The summed E-state index contributed by atoms with van der Waals surface area (Å²) in [5.74, 6) is 1.29. The number of rotatable bonds is 16. The van der Waals surface area contributed by atoms with Crippen LogP contribution in [0.15, 0.2) is 151 Å². The molecule has 0 radical (unpaired) electrons. The lowest BCUT2D eigenvalue weighted by Gasteiger charge is -2.38. The van der Waals surface area contributed by atoms with Crippen molar-refractivity contribution >= 4 is 94.4 Å². The van der Waals surface area contributed by atoms with Crippen LogP contribution in [-0.4, -0.2) is 59.5 Å². The molecular weight excluding hydrogens is 885 g/mol. The summed E-state index contributed by atoms with van der Waals surface area (Å²) in [6, 6.07) is 44.9. The molecule has 7 aromatic rings. The van der Waals surface area contributed by atoms with Gasteiger partial charge in [0.25, 0.3) is 5.01 Å². The van der Waals surface area contributed by atoms with E-state index >= 15 is 0 Å². The van der Waals surface area contributed by atoms with Crippen LogP contribution in [0.2, 0.25) is 39.3 Å². The summed E-state index contributed by atoms with van der Waals surface area (Å²) < 4.78 is 9.82. The maximum atomic E-state index is 13.7. The third-order valence-electron chi connectivity index (χ3n) is 12.9. The highest BCUT2D eigenvalue weighted by atomic mass is 32.1. The number of benzene rings is 6. The highest BCUT2D eigenvalue weighted by Gasteiger charge is 2.32. The van der Waals surface area contributed by atoms with Crippen molar-refractivity contribution in [2.75, 3.05) is 34.7 Å². The van der Waals surface area contributed by atoms with Crippen LogP contribution in [0.1, 0.15) is 18.9 Å². The molecule has 2 atom stereocenters. The molecule has 0 fully saturated rings. The fourth-order valence-corrected chi connectivity index (χ4v) is 11.8. The summed E-state index contributed by atoms with van der Waals surface area (Å²) in [6.45, 7) is 19.8. The third kappa shape index (κ3) is 10.7. The average molecular weight is 948 g/mol. The molecule has 4 N–H and O–H groups in total. The van der Waals surface area contributed by atoms with Gasteiger partial charge >= 0.3 is 12.1 Å². The van der Waals surface area contributed by atoms with Crippen molar-refractivity contribution in [1.29, 1.82) is 0 Å². The number of fused-ring (bicyclic) bond motifs is 6. The third-order valence-corrected chi connectivity index (χ3v) is 19.7. The number of urea groups is 2. The van der Waals surface area contributed by atoms with Crippen LogP contribution in [-0.2, 0) is 6.67 Å². The van der Waals surface area contributed by atoms with Gasteiger partial charge < -0.3 is 30.5 Å². The second-order valence-corrected chi connectivity index (χ2v) is 31.4. The molecule has 0 saturated heterocycles. The molecule has 0 aliphatic carbocycles. The summed E-state index contributed by atoms with van der Waals surface area (Å²) in [5.41, 5.74) is 4.68. The first-order chi connectivity index (χ1) is 32.2. The molecule has 8 rings (SSSR count). The SMILES string of the molecule is CC(N(CNC(=O)NCN1/C(=C/C=C/c2sc3ccc4ccccc4c3[n+]2CNC(=O)NCN(c2ccccc2)C(C)[Si](C)(C)C)Oc2ccc3ccccc3c21)c1ccccc1)[Si](C)(C)C. The Hall–Kier alpha value is -6.62. The predicted octanol–water partition coefficient (Wildman–Crippen LogP) is 11.2. The van der Waals surface area contributed by atoms with Gasteiger partial charge in [-0.25, -0.2) is 9.59 Å². The van der Waals surface area contributed by atoms with Gasteiger partial charge in [-0.3, -0.25) is 10.2 Å². The summed E-state index contributed by atoms with van der Waals surface area (Å²) >= 11 is 1.66. The van der Waals surface area contributed by atoms with E-state index < -0.39 is 16.1 Å². The van der Waals surface area contributed by atoms with Crippen LogP contribution in [0.3, 0.4) is 0 Å². The van der Waals surface area contributed by atoms with E-state index in [9.17, 15) is 9.59 Å². The second kappa shape index (κ2) is 20.1. The first kappa shape index (κ1) is 46.9. The summed E-state index contributed by atoms with van der Waals surface area (Å²) in [4.78, 5) is 33.9. The number of amides is 4. The zero-order chi connectivity index (χ0) is 47.3. The molecule has 1 aliphatic rings. The first-order valence-corrected chi connectivity index (χ1v) is 31.0. The number of hydrogen-bond acceptors (Lipinski definition) is 7. The number of thiazole rings is 1. The number of anilines is 3. The molecule has 0 bridgehead atoms. The zero-order valence-corrected chi connectivity index (χ0v) is 42.7. The number of hydrogen-bond donors (Lipinski definition) is 4. The molecule has 2 unspecified atom stereocenters. The number of nitrogens with zero attached hydrogens (tertiary/aromatic N) is 4. The standard InChI is InChI=1S/C53H62N8O3SSi2/c1-38(66(3,4)5)58(42-22-11-9-12-23-42)34-54-52(62)56-36-60-48(64-46-32-30-40-20-15-17-26-44(40)50(46)60)28-19-29-49-61(51-45-27-18-16-21-41(45)31-33-47(51)65-49)37-57-53(63)55-35-59(39(2)67(6,7)8)43-24-13-10-14-25-43/h9-33,38-39H,34-37H2,1-8H3,(H3-,54,55,56,57,62,63)/p+1. The Morgan fingerprint density at radius 2 is 1.18 bits per heavy atom. The van der Waals surface area contributed by atoms with Crippen LogP contribution in [0.25, 0.3) is 37.8 Å². The average Bonchev–Trinajstić information content (AvgIpc) is 3.87. The molecule has 4 amide bonds. The lowest BCUT2D eigenvalue weighted by molar-refractivity contribution is -0.671. The minimum atomic E-state index is -1.60. The van der Waals surface area contributed by atoms with Crippen LogP contribution in [0.5, 0.6) is 5.75 Å². The fourth-order valence-electron chi connectivity index (χ4n) is 8.34. The highest BCUT2D eigenvalue weighted by molar-refractivity contribution is 7.19. The molecule has 346 valence electrons. The molecule has 2 heterocycles. The van der Waals surface area contributed by atoms with Crippen molar-refractivity contribution in [2.45, 2.75) is 71.1 Å². The van der Waals surface area contributed by atoms with Gasteiger partial charge in [0.15, 0.2) is 5.75 Å². The lowest BCUT2D eigenvalue weighted by atomic mass is 10.1. The predicted molar refractivity (Wildman–Crippen MR) is 285 cm³/mol. The fraction of sp³-hybridized carbons (Fsp3) is 0.264. The smallest absolute Gasteiger partial charge is 0.320 e. The summed E-state index contributed by atoms with van der Waals surface area (Å²) in [5, 5.41) is 17.9. The van der Waals surface area contributed by atoms with E-state index in [-0.39, 0.29) is 31.1 Å². The number of para-hydroxylation sites is 2. The summed E-state index contributed by atoms with van der Waals surface area (Å²) in [6.07, 6.45) is 5.97. The molecular formula is C53H63N8O3SSi2+. The number of aromatic nitrogens is 1. The van der Waals surface area contributed by atoms with Gasteiger partial charge in [0.05, 0.1) is 47.2 Å². The van der Waals surface area contributed by atoms with Gasteiger partial charge in [-0.1, -0.05) is 142 Å². The normalized spacial score (nSPS) is 14.3. The molecule has 11 nitrogen and oxygen atoms in total. The number of carbonyl (C=O) groups is 2. The Kier molecular flexibility index (Phi) is 14.1. The van der Waals surface area contributed by atoms with E-state index in [1.807, 2.05) is 77.7 Å². The van der Waals surface area contributed by atoms with E-state index in [0.29, 0.717) is 30.6 Å². The van der Waals surface area contributed by atoms with E-state index in [4.69, 9.17) is 4.74 Å². The van der Waals surface area contributed by atoms with E-state index in [2.05, 4.69) is 168 Å². The van der Waals surface area contributed by atoms with Gasteiger partial charge in [-0.2, -0.15) is 4.57 Å². The van der Waals surface area contributed by atoms with E-state index in [0.717, 1.165) is 53.8 Å². The van der Waals surface area contributed by atoms with Crippen molar-refractivity contribution in [3.8, 4) is 5.75 Å². The molecule has 1 aromatic heterocycles. The molecule has 14 heteroatoms. The van der Waals surface area contributed by atoms with Crippen LogP contribution < -0.4 is 45.3 Å². The largest absolute Gasteiger partial charge is 0.439 e. The Morgan fingerprint density at radius 3 is 1.78 bits per heavy atom. The molecule has 0 saturated carbocycles. The van der Waals surface area contributed by atoms with Crippen LogP contribution >= 0.6 is 11.3 Å². The number of carbonyl (C=O) groups excluding carboxylic acids is 2. The van der Waals surface area contributed by atoms with Crippen molar-refractivity contribution in [2.24, 2.45) is 0 Å². The molecule has 6 aromatic carbocycles. The first-order valence-electron chi connectivity index (χ1n) is 23.0. The van der Waals surface area contributed by atoms with Gasteiger partial charge in [0.1, 0.15) is 4.70 Å². The number of ether oxygens (including phenoxy) is 1. The number of allylic oxidation sites excluding steroid dienone is 2. The topological polar surface area (TPSA) is 105 Å². The monoisotopic (exact) mass is 947 g/mol. The van der Waals surface area contributed by atoms with Crippen LogP contribution in [0.4, 0.5) is 26.7 Å². The van der Waals surface area contributed by atoms with Gasteiger partial charge in [-0.15, -0.1) is 0 Å². The van der Waals surface area contributed by atoms with Crippen molar-refractivity contribution < 1.29 is 18.9 Å². The molecule has 0 spiro atoms. The minimum absolute atomic E-state index is 0.174. The Morgan fingerprint density at radius 1 is 0.657 bits per heavy atom. The minimum Gasteiger partial charge on any atom is -0.439 e. The highest BCUT2D eigenvalue weighted by Crippen LogP contribution is 2.44. The van der Waals surface area contributed by atoms with E-state index in [1.165, 1.54) is 0 Å². The van der Waals surface area contributed by atoms with E-state index in [1.54, 1.807) is 11.3 Å². The lowest BCUT2D eigenvalue weighted by Crippen LogP contribution is -2.55. The molecule has 1 aliphatic heterocycles. The molecule has 67 heavy (non-hydrogen) atoms. The van der Waals surface area contributed by atoms with Crippen molar-refractivity contribution in [1.82, 2.24) is 21.3 Å². The van der Waals surface area contributed by atoms with Crippen molar-refractivity contribution in [3.63, 3.8) is 0 Å². The maximum Gasteiger partial charge on any atom is 0.320 e. The van der Waals surface area contributed by atoms with Gasteiger partial charge in [0, 0.05) is 34.2 Å². The van der Waals surface area contributed by atoms with Crippen LogP contribution in [0, 0.1) is 0 Å².